The van der Waals surface area contributed by atoms with Gasteiger partial charge in [0.05, 0.1) is 18.1 Å². The van der Waals surface area contributed by atoms with Crippen molar-refractivity contribution in [1.82, 2.24) is 20.6 Å². The highest BCUT2D eigenvalue weighted by molar-refractivity contribution is 5.82. The first-order valence-electron chi connectivity index (χ1n) is 6.76. The van der Waals surface area contributed by atoms with Crippen LogP contribution in [0.2, 0.25) is 0 Å². The Morgan fingerprint density at radius 3 is 2.80 bits per heavy atom. The minimum Gasteiger partial charge on any atom is -0.354 e. The number of hydrogen-bond donors (Lipinski definition) is 3. The number of aromatic amines is 1. The SMILES string of the molecule is CN[C@@H](Cc1ccccc1)C(=O)NCCc1c[nH]cn1. The van der Waals surface area contributed by atoms with E-state index in [0.29, 0.717) is 13.0 Å². The summed E-state index contributed by atoms with van der Waals surface area (Å²) >= 11 is 0. The zero-order valence-electron chi connectivity index (χ0n) is 11.6. The van der Waals surface area contributed by atoms with E-state index in [1.807, 2.05) is 36.5 Å². The molecule has 0 aliphatic heterocycles. The van der Waals surface area contributed by atoms with Crippen molar-refractivity contribution in [2.24, 2.45) is 0 Å². The Kier molecular flexibility index (Phi) is 5.32. The van der Waals surface area contributed by atoms with Crippen molar-refractivity contribution in [3.8, 4) is 0 Å². The Labute approximate surface area is 118 Å². The van der Waals surface area contributed by atoms with Gasteiger partial charge in [-0.2, -0.15) is 0 Å². The lowest BCUT2D eigenvalue weighted by molar-refractivity contribution is -0.122. The smallest absolute Gasteiger partial charge is 0.237 e. The predicted molar refractivity (Wildman–Crippen MR) is 78.3 cm³/mol. The number of carbonyl (C=O) groups is 1. The summed E-state index contributed by atoms with van der Waals surface area (Å²) in [5, 5.41) is 6.00. The van der Waals surface area contributed by atoms with Crippen LogP contribution in [0.15, 0.2) is 42.9 Å². The Bertz CT molecular complexity index is 510. The molecule has 0 aliphatic carbocycles. The molecule has 1 atom stereocenters. The Hall–Kier alpha value is -2.14. The van der Waals surface area contributed by atoms with Crippen LogP contribution in [0.1, 0.15) is 11.3 Å². The summed E-state index contributed by atoms with van der Waals surface area (Å²) in [6.07, 6.45) is 4.90. The molecular formula is C15H20N4O. The molecule has 2 aromatic rings. The molecule has 20 heavy (non-hydrogen) atoms. The van der Waals surface area contributed by atoms with Gasteiger partial charge in [-0.15, -0.1) is 0 Å². The number of nitrogens with one attached hydrogen (secondary N) is 3. The highest BCUT2D eigenvalue weighted by Crippen LogP contribution is 2.03. The van der Waals surface area contributed by atoms with Gasteiger partial charge >= 0.3 is 0 Å². The number of rotatable bonds is 7. The second-order valence-electron chi connectivity index (χ2n) is 4.63. The summed E-state index contributed by atoms with van der Waals surface area (Å²) in [7, 11) is 1.81. The lowest BCUT2D eigenvalue weighted by atomic mass is 10.1. The van der Waals surface area contributed by atoms with Crippen molar-refractivity contribution in [2.75, 3.05) is 13.6 Å². The molecule has 3 N–H and O–H groups in total. The van der Waals surface area contributed by atoms with Crippen LogP contribution in [0.4, 0.5) is 0 Å². The molecule has 5 nitrogen and oxygen atoms in total. The number of hydrogen-bond acceptors (Lipinski definition) is 3. The van der Waals surface area contributed by atoms with Crippen LogP contribution in [0, 0.1) is 0 Å². The third-order valence-corrected chi connectivity index (χ3v) is 3.18. The van der Waals surface area contributed by atoms with Crippen LogP contribution in [-0.2, 0) is 17.6 Å². The van der Waals surface area contributed by atoms with Crippen LogP contribution in [0.5, 0.6) is 0 Å². The van der Waals surface area contributed by atoms with Gasteiger partial charge in [0, 0.05) is 19.2 Å². The summed E-state index contributed by atoms with van der Waals surface area (Å²) in [4.78, 5) is 19.1. The maximum absolute atomic E-state index is 12.1. The number of carbonyl (C=O) groups excluding carboxylic acids is 1. The van der Waals surface area contributed by atoms with Gasteiger partial charge in [0.2, 0.25) is 5.91 Å². The number of imidazole rings is 1. The van der Waals surface area contributed by atoms with Gasteiger partial charge in [0.25, 0.3) is 0 Å². The molecule has 0 bridgehead atoms. The van der Waals surface area contributed by atoms with E-state index in [4.69, 9.17) is 0 Å². The largest absolute Gasteiger partial charge is 0.354 e. The number of nitrogens with zero attached hydrogens (tertiary/aromatic N) is 1. The lowest BCUT2D eigenvalue weighted by Gasteiger charge is -2.16. The first-order valence-corrected chi connectivity index (χ1v) is 6.76. The van der Waals surface area contributed by atoms with E-state index in [-0.39, 0.29) is 11.9 Å². The van der Waals surface area contributed by atoms with E-state index in [2.05, 4.69) is 20.6 Å². The number of amides is 1. The quantitative estimate of drug-likeness (QED) is 0.701. The third kappa shape index (κ3) is 4.20. The third-order valence-electron chi connectivity index (χ3n) is 3.18. The number of likely N-dealkylation sites (N-methyl/N-ethyl adjacent to an activating group) is 1. The molecule has 1 amide bonds. The van der Waals surface area contributed by atoms with Crippen molar-refractivity contribution >= 4 is 5.91 Å². The fourth-order valence-electron chi connectivity index (χ4n) is 2.04. The van der Waals surface area contributed by atoms with E-state index < -0.39 is 0 Å². The van der Waals surface area contributed by atoms with E-state index >= 15 is 0 Å². The van der Waals surface area contributed by atoms with E-state index in [0.717, 1.165) is 17.7 Å². The van der Waals surface area contributed by atoms with Crippen molar-refractivity contribution < 1.29 is 4.79 Å². The number of benzene rings is 1. The molecule has 0 aliphatic rings. The van der Waals surface area contributed by atoms with Crippen molar-refractivity contribution in [1.29, 1.82) is 0 Å². The summed E-state index contributed by atoms with van der Waals surface area (Å²) in [5.74, 6) is 0.0203. The zero-order valence-corrected chi connectivity index (χ0v) is 11.6. The Morgan fingerprint density at radius 2 is 2.15 bits per heavy atom. The maximum Gasteiger partial charge on any atom is 0.237 e. The summed E-state index contributed by atoms with van der Waals surface area (Å²) in [6, 6.07) is 9.79. The normalized spacial score (nSPS) is 12.1. The molecule has 0 saturated carbocycles. The minimum atomic E-state index is -0.211. The molecule has 1 aromatic carbocycles. The Morgan fingerprint density at radius 1 is 1.35 bits per heavy atom. The Balaban J connectivity index is 1.79. The second-order valence-corrected chi connectivity index (χ2v) is 4.63. The van der Waals surface area contributed by atoms with Crippen LogP contribution < -0.4 is 10.6 Å². The van der Waals surface area contributed by atoms with E-state index in [1.165, 1.54) is 0 Å². The summed E-state index contributed by atoms with van der Waals surface area (Å²) in [6.45, 7) is 0.594. The molecule has 1 aromatic heterocycles. The van der Waals surface area contributed by atoms with Gasteiger partial charge in [-0.1, -0.05) is 30.3 Å². The average molecular weight is 272 g/mol. The molecule has 0 spiro atoms. The van der Waals surface area contributed by atoms with E-state index in [1.54, 1.807) is 13.4 Å². The average Bonchev–Trinajstić information content (AvgIpc) is 2.99. The predicted octanol–water partition coefficient (Wildman–Crippen LogP) is 0.899. The van der Waals surface area contributed by atoms with Crippen molar-refractivity contribution in [2.45, 2.75) is 18.9 Å². The molecule has 0 unspecified atom stereocenters. The highest BCUT2D eigenvalue weighted by Gasteiger charge is 2.16. The van der Waals surface area contributed by atoms with Crippen molar-refractivity contribution in [3.63, 3.8) is 0 Å². The van der Waals surface area contributed by atoms with Gasteiger partial charge in [0.1, 0.15) is 0 Å². The first-order chi connectivity index (χ1) is 9.79. The van der Waals surface area contributed by atoms with Gasteiger partial charge in [-0.05, 0) is 19.0 Å². The molecule has 5 heteroatoms. The zero-order chi connectivity index (χ0) is 14.2. The van der Waals surface area contributed by atoms with Gasteiger partial charge in [0.15, 0.2) is 0 Å². The van der Waals surface area contributed by atoms with E-state index in [9.17, 15) is 4.79 Å². The van der Waals surface area contributed by atoms with Crippen LogP contribution in [-0.4, -0.2) is 35.5 Å². The molecule has 1 heterocycles. The first kappa shape index (κ1) is 14.3. The summed E-state index contributed by atoms with van der Waals surface area (Å²) < 4.78 is 0. The molecular weight excluding hydrogens is 252 g/mol. The fraction of sp³-hybridized carbons (Fsp3) is 0.333. The molecule has 0 saturated heterocycles. The topological polar surface area (TPSA) is 69.8 Å². The number of aromatic nitrogens is 2. The van der Waals surface area contributed by atoms with Crippen LogP contribution in [0.25, 0.3) is 0 Å². The molecule has 2 rings (SSSR count). The van der Waals surface area contributed by atoms with Gasteiger partial charge in [-0.25, -0.2) is 4.98 Å². The van der Waals surface area contributed by atoms with Crippen LogP contribution in [0.3, 0.4) is 0 Å². The highest BCUT2D eigenvalue weighted by atomic mass is 16.2. The molecule has 0 fully saturated rings. The number of H-pyrrole nitrogens is 1. The van der Waals surface area contributed by atoms with Gasteiger partial charge in [-0.3, -0.25) is 4.79 Å². The lowest BCUT2D eigenvalue weighted by Crippen LogP contribution is -2.44. The molecule has 0 radical (unpaired) electrons. The minimum absolute atomic E-state index is 0.0203. The van der Waals surface area contributed by atoms with Gasteiger partial charge < -0.3 is 15.6 Å². The summed E-state index contributed by atoms with van der Waals surface area (Å²) in [5.41, 5.74) is 2.10. The monoisotopic (exact) mass is 272 g/mol. The fourth-order valence-corrected chi connectivity index (χ4v) is 2.04. The second kappa shape index (κ2) is 7.45. The maximum atomic E-state index is 12.1. The van der Waals surface area contributed by atoms with Crippen molar-refractivity contribution in [3.05, 3.63) is 54.1 Å². The standard InChI is InChI=1S/C15H20N4O/c1-16-14(9-12-5-3-2-4-6-12)15(20)18-8-7-13-10-17-11-19-13/h2-6,10-11,14,16H,7-9H2,1H3,(H,17,19)(H,18,20)/t14-/m0/s1. The van der Waals surface area contributed by atoms with Crippen LogP contribution >= 0.6 is 0 Å². The molecule has 106 valence electrons.